The summed E-state index contributed by atoms with van der Waals surface area (Å²) in [6.07, 6.45) is 18.1. The van der Waals surface area contributed by atoms with E-state index in [1.165, 1.54) is 37.1 Å². The quantitative estimate of drug-likeness (QED) is 0.344. The first-order valence-corrected chi connectivity index (χ1v) is 12.4. The zero-order valence-corrected chi connectivity index (χ0v) is 24.4. The third kappa shape index (κ3) is 5.73. The molecule has 0 spiro atoms. The summed E-state index contributed by atoms with van der Waals surface area (Å²) < 4.78 is 0. The van der Waals surface area contributed by atoms with E-state index in [-0.39, 0.29) is 67.9 Å². The second-order valence-electron chi connectivity index (χ2n) is 9.52. The van der Waals surface area contributed by atoms with E-state index < -0.39 is 0 Å². The zero-order chi connectivity index (χ0) is 22.5. The van der Waals surface area contributed by atoms with Crippen molar-refractivity contribution in [1.82, 2.24) is 14.8 Å². The molecular formula is C27H27Cl3N7V-3. The Hall–Kier alpha value is -2.16. The fraction of sp³-hybridized carbons (Fsp3) is 0.370. The van der Waals surface area contributed by atoms with Crippen LogP contribution in [0.15, 0.2) is 86.0 Å². The molecule has 0 amide bonds. The van der Waals surface area contributed by atoms with Gasteiger partial charge in [0.05, 0.1) is 11.4 Å². The zero-order valence-electron chi connectivity index (χ0n) is 20.7. The van der Waals surface area contributed by atoms with Crippen LogP contribution in [0.25, 0.3) is 0 Å². The average molecular weight is 607 g/mol. The number of rotatable bonds is 4. The van der Waals surface area contributed by atoms with E-state index in [9.17, 15) is 0 Å². The van der Waals surface area contributed by atoms with Crippen LogP contribution in [-0.4, -0.2) is 76.1 Å². The van der Waals surface area contributed by atoms with Crippen molar-refractivity contribution in [2.75, 3.05) is 26.2 Å². The number of allylic oxidation sites excluding steroid dienone is 2. The summed E-state index contributed by atoms with van der Waals surface area (Å²) in [4.78, 5) is 29.1. The molecule has 1 aromatic heterocycles. The molecule has 6 aliphatic rings. The normalized spacial score (nSPS) is 24.3. The maximum Gasteiger partial charge on any atom is 0.174 e. The van der Waals surface area contributed by atoms with Crippen LogP contribution in [0, 0.1) is 0 Å². The van der Waals surface area contributed by atoms with Crippen molar-refractivity contribution in [3.05, 3.63) is 77.4 Å². The molecule has 1 aromatic rings. The number of halogens is 3. The number of aromatic nitrogens is 1. The molecule has 5 heterocycles. The third-order valence-electron chi connectivity index (χ3n) is 7.24. The van der Waals surface area contributed by atoms with Gasteiger partial charge in [-0.3, -0.25) is 9.98 Å². The minimum Gasteiger partial charge on any atom is -1.00 e. The van der Waals surface area contributed by atoms with Crippen LogP contribution in [0.2, 0.25) is 0 Å². The van der Waals surface area contributed by atoms with Crippen LogP contribution in [0.5, 0.6) is 0 Å². The van der Waals surface area contributed by atoms with Gasteiger partial charge in [0.1, 0.15) is 23.5 Å². The molecule has 11 heteroatoms. The molecule has 0 aromatic carbocycles. The Morgan fingerprint density at radius 1 is 0.632 bits per heavy atom. The van der Waals surface area contributed by atoms with Crippen molar-refractivity contribution in [1.29, 1.82) is 0 Å². The molecular weight excluding hydrogens is 580 g/mol. The van der Waals surface area contributed by atoms with Crippen LogP contribution in [-0.2, 0) is 18.6 Å². The number of nitrogens with zero attached hydrogens (tertiary/aromatic N) is 7. The van der Waals surface area contributed by atoms with Crippen molar-refractivity contribution in [3.63, 3.8) is 0 Å². The molecule has 2 aliphatic carbocycles. The van der Waals surface area contributed by atoms with Gasteiger partial charge >= 0.3 is 0 Å². The van der Waals surface area contributed by atoms with Crippen LogP contribution in [0.3, 0.4) is 0 Å². The first-order chi connectivity index (χ1) is 16.8. The SMILES string of the molecule is C1=CC2N=C(c3cccc(C4=NC5C=CC(N6CCCC6)=CC5=N4)n3)N=C2C=C1N1CCCC1.[Cl-].[Cl-].[Cl-].[V]. The molecule has 199 valence electrons. The van der Waals surface area contributed by atoms with Crippen LogP contribution in [0.4, 0.5) is 0 Å². The number of pyridine rings is 1. The van der Waals surface area contributed by atoms with Crippen molar-refractivity contribution in [2.24, 2.45) is 20.0 Å². The molecule has 2 saturated heterocycles. The molecule has 7 nitrogen and oxygen atoms in total. The predicted octanol–water partition coefficient (Wildman–Crippen LogP) is -5.67. The number of aliphatic imine (C=N–C) groups is 4. The monoisotopic (exact) mass is 605 g/mol. The number of hydrogen-bond acceptors (Lipinski definition) is 7. The summed E-state index contributed by atoms with van der Waals surface area (Å²) in [5, 5.41) is 0. The number of amidine groups is 2. The predicted molar refractivity (Wildman–Crippen MR) is 136 cm³/mol. The molecule has 0 saturated carbocycles. The van der Waals surface area contributed by atoms with E-state index in [4.69, 9.17) is 25.0 Å². The number of hydrogen-bond donors (Lipinski definition) is 0. The molecule has 2 unspecified atom stereocenters. The number of likely N-dealkylation sites (tertiary alicyclic amines) is 2. The minimum absolute atomic E-state index is 0. The van der Waals surface area contributed by atoms with Gasteiger partial charge in [-0.25, -0.2) is 15.0 Å². The van der Waals surface area contributed by atoms with Gasteiger partial charge in [0.25, 0.3) is 0 Å². The molecule has 38 heavy (non-hydrogen) atoms. The first-order valence-electron chi connectivity index (χ1n) is 12.4. The number of fused-ring (bicyclic) bond motifs is 2. The summed E-state index contributed by atoms with van der Waals surface area (Å²) in [6, 6.07) is 5.91. The van der Waals surface area contributed by atoms with E-state index in [0.717, 1.165) is 49.0 Å². The molecule has 4 aliphatic heterocycles. The van der Waals surface area contributed by atoms with Crippen molar-refractivity contribution >= 4 is 23.1 Å². The van der Waals surface area contributed by atoms with E-state index in [2.05, 4.69) is 46.3 Å². The van der Waals surface area contributed by atoms with E-state index in [1.54, 1.807) is 0 Å². The molecule has 2 atom stereocenters. The fourth-order valence-electron chi connectivity index (χ4n) is 5.40. The standard InChI is InChI=1S/C27H27N7.3ClH.V/c1-2-13-33(12-1)18-8-10-20-24(16-18)31-26(29-20)22-6-5-7-23(28-22)27-30-21-11-9-19(17-25(21)32-27)34-14-3-4-15-34;;;;/h5-11,16-17,20-21H,1-4,12-15H2;3*1H;/p-3. The Morgan fingerprint density at radius 3 is 1.47 bits per heavy atom. The Balaban J connectivity index is 0.000001000. The van der Waals surface area contributed by atoms with Gasteiger partial charge in [-0.05, 0) is 62.1 Å². The van der Waals surface area contributed by atoms with Crippen molar-refractivity contribution < 1.29 is 55.8 Å². The topological polar surface area (TPSA) is 68.8 Å². The smallest absolute Gasteiger partial charge is 0.174 e. The van der Waals surface area contributed by atoms with Gasteiger partial charge in [-0.2, -0.15) is 0 Å². The average Bonchev–Trinajstić information content (AvgIpc) is 3.69. The first kappa shape index (κ1) is 30.4. The molecule has 2 fully saturated rings. The summed E-state index contributed by atoms with van der Waals surface area (Å²) in [7, 11) is 0. The Bertz CT molecular complexity index is 1200. The largest absolute Gasteiger partial charge is 1.00 e. The minimum atomic E-state index is -0.0157. The maximum atomic E-state index is 4.86. The second-order valence-corrected chi connectivity index (χ2v) is 9.52. The summed E-state index contributed by atoms with van der Waals surface area (Å²) >= 11 is 0. The van der Waals surface area contributed by atoms with Gasteiger partial charge in [0.15, 0.2) is 11.7 Å². The van der Waals surface area contributed by atoms with E-state index >= 15 is 0 Å². The fourth-order valence-corrected chi connectivity index (χ4v) is 5.40. The van der Waals surface area contributed by atoms with Gasteiger partial charge in [0.2, 0.25) is 0 Å². The van der Waals surface area contributed by atoms with Gasteiger partial charge < -0.3 is 47.0 Å². The van der Waals surface area contributed by atoms with Gasteiger partial charge in [-0.15, -0.1) is 0 Å². The Morgan fingerprint density at radius 2 is 1.05 bits per heavy atom. The van der Waals surface area contributed by atoms with Crippen LogP contribution < -0.4 is 37.2 Å². The van der Waals surface area contributed by atoms with Gasteiger partial charge in [-0.1, -0.05) is 18.2 Å². The van der Waals surface area contributed by atoms with E-state index in [0.29, 0.717) is 11.7 Å². The Labute approximate surface area is 253 Å². The maximum absolute atomic E-state index is 4.86. The molecule has 7 rings (SSSR count). The molecule has 0 N–H and O–H groups in total. The summed E-state index contributed by atoms with van der Waals surface area (Å²) in [6.45, 7) is 4.50. The van der Waals surface area contributed by atoms with E-state index in [1.807, 2.05) is 18.2 Å². The summed E-state index contributed by atoms with van der Waals surface area (Å²) in [5.74, 6) is 1.37. The van der Waals surface area contributed by atoms with Crippen LogP contribution >= 0.6 is 0 Å². The van der Waals surface area contributed by atoms with Gasteiger partial charge in [0, 0.05) is 56.1 Å². The third-order valence-corrected chi connectivity index (χ3v) is 7.24. The Kier molecular flexibility index (Phi) is 10.2. The van der Waals surface area contributed by atoms with Crippen LogP contribution in [0.1, 0.15) is 37.1 Å². The van der Waals surface area contributed by atoms with Crippen molar-refractivity contribution in [2.45, 2.75) is 37.8 Å². The van der Waals surface area contributed by atoms with Crippen molar-refractivity contribution in [3.8, 4) is 0 Å². The second kappa shape index (κ2) is 12.8. The molecule has 1 radical (unpaired) electrons. The molecule has 0 bridgehead atoms. The summed E-state index contributed by atoms with van der Waals surface area (Å²) in [5.41, 5.74) is 6.04.